The number of imide groups is 1. The van der Waals surface area contributed by atoms with E-state index < -0.39 is 5.91 Å². The Morgan fingerprint density at radius 1 is 0.793 bits per heavy atom. The van der Waals surface area contributed by atoms with Gasteiger partial charge in [0.25, 0.3) is 11.8 Å². The van der Waals surface area contributed by atoms with Crippen molar-refractivity contribution in [3.63, 3.8) is 0 Å². The molecule has 0 saturated carbocycles. The molecule has 1 heterocycles. The summed E-state index contributed by atoms with van der Waals surface area (Å²) < 4.78 is 5.46. The van der Waals surface area contributed by atoms with Crippen LogP contribution in [0.4, 0.5) is 11.4 Å². The SMILES string of the molecule is COc1ccccc1C1=C(Nc2ccccc2C)C(=O)N(c2ccccc2)C1=O. The lowest BCUT2D eigenvalue weighted by Crippen LogP contribution is -2.32. The number of carbonyl (C=O) groups is 2. The average Bonchev–Trinajstić information content (AvgIpc) is 2.99. The Kier molecular flexibility index (Phi) is 4.87. The molecule has 144 valence electrons. The number of benzene rings is 3. The van der Waals surface area contributed by atoms with Gasteiger partial charge < -0.3 is 10.1 Å². The smallest absolute Gasteiger partial charge is 0.282 e. The van der Waals surface area contributed by atoms with Gasteiger partial charge in [0, 0.05) is 11.3 Å². The molecule has 3 aromatic carbocycles. The van der Waals surface area contributed by atoms with E-state index >= 15 is 0 Å². The van der Waals surface area contributed by atoms with Crippen LogP contribution in [0.25, 0.3) is 5.57 Å². The molecule has 0 aromatic heterocycles. The van der Waals surface area contributed by atoms with E-state index in [0.717, 1.165) is 11.3 Å². The highest BCUT2D eigenvalue weighted by Crippen LogP contribution is 2.37. The number of anilines is 2. The van der Waals surface area contributed by atoms with E-state index in [0.29, 0.717) is 22.6 Å². The molecule has 0 spiro atoms. The molecular weight excluding hydrogens is 364 g/mol. The van der Waals surface area contributed by atoms with Crippen molar-refractivity contribution in [2.75, 3.05) is 17.3 Å². The van der Waals surface area contributed by atoms with E-state index in [1.807, 2.05) is 49.4 Å². The molecule has 0 fully saturated rings. The number of nitrogens with zero attached hydrogens (tertiary/aromatic N) is 1. The van der Waals surface area contributed by atoms with E-state index in [9.17, 15) is 9.59 Å². The van der Waals surface area contributed by atoms with Gasteiger partial charge in [-0.05, 0) is 36.8 Å². The summed E-state index contributed by atoms with van der Waals surface area (Å²) >= 11 is 0. The summed E-state index contributed by atoms with van der Waals surface area (Å²) in [5.41, 5.74) is 3.36. The van der Waals surface area contributed by atoms with Crippen LogP contribution in [0, 0.1) is 6.92 Å². The number of amides is 2. The predicted octanol–water partition coefficient (Wildman–Crippen LogP) is 4.40. The van der Waals surface area contributed by atoms with Crippen molar-refractivity contribution in [1.29, 1.82) is 0 Å². The highest BCUT2D eigenvalue weighted by atomic mass is 16.5. The van der Waals surface area contributed by atoms with Crippen molar-refractivity contribution in [2.24, 2.45) is 0 Å². The number of ether oxygens (including phenoxy) is 1. The van der Waals surface area contributed by atoms with Gasteiger partial charge in [-0.15, -0.1) is 0 Å². The topological polar surface area (TPSA) is 58.6 Å². The maximum Gasteiger partial charge on any atom is 0.282 e. The van der Waals surface area contributed by atoms with Gasteiger partial charge in [0.1, 0.15) is 11.4 Å². The van der Waals surface area contributed by atoms with E-state index in [2.05, 4.69) is 5.32 Å². The van der Waals surface area contributed by atoms with Crippen molar-refractivity contribution in [3.05, 3.63) is 95.7 Å². The van der Waals surface area contributed by atoms with Crippen LogP contribution in [0.2, 0.25) is 0 Å². The minimum absolute atomic E-state index is 0.234. The van der Waals surface area contributed by atoms with Crippen LogP contribution in [0.1, 0.15) is 11.1 Å². The molecule has 0 unspecified atom stereocenters. The Balaban J connectivity index is 1.89. The van der Waals surface area contributed by atoms with E-state index in [-0.39, 0.29) is 11.6 Å². The summed E-state index contributed by atoms with van der Waals surface area (Å²) in [6, 6.07) is 23.8. The Hall–Kier alpha value is -3.86. The van der Waals surface area contributed by atoms with Gasteiger partial charge in [0.05, 0.1) is 18.4 Å². The number of para-hydroxylation sites is 3. The van der Waals surface area contributed by atoms with Gasteiger partial charge in [0.2, 0.25) is 0 Å². The van der Waals surface area contributed by atoms with Crippen LogP contribution >= 0.6 is 0 Å². The molecule has 0 aliphatic carbocycles. The van der Waals surface area contributed by atoms with E-state index in [1.54, 1.807) is 43.5 Å². The number of aryl methyl sites for hydroxylation is 1. The van der Waals surface area contributed by atoms with E-state index in [1.165, 1.54) is 4.90 Å². The Morgan fingerprint density at radius 2 is 1.45 bits per heavy atom. The first-order valence-corrected chi connectivity index (χ1v) is 9.26. The van der Waals surface area contributed by atoms with Crippen LogP contribution in [0.3, 0.4) is 0 Å². The number of hydrogen-bond donors (Lipinski definition) is 1. The summed E-state index contributed by atoms with van der Waals surface area (Å²) in [6.07, 6.45) is 0. The molecule has 3 aromatic rings. The molecule has 0 atom stereocenters. The van der Waals surface area contributed by atoms with Crippen molar-refractivity contribution in [3.8, 4) is 5.75 Å². The van der Waals surface area contributed by atoms with Gasteiger partial charge >= 0.3 is 0 Å². The zero-order valence-corrected chi connectivity index (χ0v) is 16.2. The van der Waals surface area contributed by atoms with Gasteiger partial charge in [-0.3, -0.25) is 9.59 Å². The maximum absolute atomic E-state index is 13.4. The standard InChI is InChI=1S/C24H20N2O3/c1-16-10-6-8-14-19(16)25-22-21(18-13-7-9-15-20(18)29-2)23(27)26(24(22)28)17-11-4-3-5-12-17/h3-15,25H,1-2H3. The molecule has 1 aliphatic heterocycles. The van der Waals surface area contributed by atoms with Crippen molar-refractivity contribution >= 4 is 28.8 Å². The summed E-state index contributed by atoms with van der Waals surface area (Å²) in [7, 11) is 1.55. The maximum atomic E-state index is 13.4. The van der Waals surface area contributed by atoms with Gasteiger partial charge in [-0.1, -0.05) is 54.6 Å². The first kappa shape index (κ1) is 18.5. The first-order chi connectivity index (χ1) is 14.1. The fourth-order valence-electron chi connectivity index (χ4n) is 3.41. The fraction of sp³-hybridized carbons (Fsp3) is 0.0833. The molecule has 0 saturated heterocycles. The predicted molar refractivity (Wildman–Crippen MR) is 114 cm³/mol. The van der Waals surface area contributed by atoms with Crippen molar-refractivity contribution < 1.29 is 14.3 Å². The monoisotopic (exact) mass is 384 g/mol. The lowest BCUT2D eigenvalue weighted by atomic mass is 10.0. The summed E-state index contributed by atoms with van der Waals surface area (Å²) in [5.74, 6) is -0.255. The second-order valence-corrected chi connectivity index (χ2v) is 6.67. The lowest BCUT2D eigenvalue weighted by molar-refractivity contribution is -0.120. The van der Waals surface area contributed by atoms with Gasteiger partial charge in [-0.25, -0.2) is 4.90 Å². The highest BCUT2D eigenvalue weighted by molar-refractivity contribution is 6.46. The molecular formula is C24H20N2O3. The van der Waals surface area contributed by atoms with Crippen LogP contribution in [0.5, 0.6) is 5.75 Å². The average molecular weight is 384 g/mol. The number of rotatable bonds is 5. The molecule has 5 heteroatoms. The number of nitrogens with one attached hydrogen (secondary N) is 1. The highest BCUT2D eigenvalue weighted by Gasteiger charge is 2.41. The molecule has 5 nitrogen and oxygen atoms in total. The molecule has 1 N–H and O–H groups in total. The Morgan fingerprint density at radius 3 is 2.17 bits per heavy atom. The number of methoxy groups -OCH3 is 1. The zero-order chi connectivity index (χ0) is 20.4. The molecule has 1 aliphatic rings. The normalized spacial score (nSPS) is 13.8. The summed E-state index contributed by atoms with van der Waals surface area (Å²) in [6.45, 7) is 1.95. The molecule has 4 rings (SSSR count). The van der Waals surface area contributed by atoms with Crippen LogP contribution in [0.15, 0.2) is 84.6 Å². The third-order valence-corrected chi connectivity index (χ3v) is 4.88. The van der Waals surface area contributed by atoms with Crippen LogP contribution in [-0.4, -0.2) is 18.9 Å². The zero-order valence-electron chi connectivity index (χ0n) is 16.2. The minimum atomic E-state index is -0.398. The van der Waals surface area contributed by atoms with E-state index in [4.69, 9.17) is 4.74 Å². The van der Waals surface area contributed by atoms with Gasteiger partial charge in [-0.2, -0.15) is 0 Å². The number of carbonyl (C=O) groups excluding carboxylic acids is 2. The van der Waals surface area contributed by atoms with Gasteiger partial charge in [0.15, 0.2) is 0 Å². The minimum Gasteiger partial charge on any atom is -0.496 e. The Labute approximate surface area is 169 Å². The lowest BCUT2D eigenvalue weighted by Gasteiger charge is -2.15. The largest absolute Gasteiger partial charge is 0.496 e. The first-order valence-electron chi connectivity index (χ1n) is 9.26. The second-order valence-electron chi connectivity index (χ2n) is 6.67. The quantitative estimate of drug-likeness (QED) is 0.663. The molecule has 29 heavy (non-hydrogen) atoms. The second kappa shape index (κ2) is 7.64. The van der Waals surface area contributed by atoms with Crippen molar-refractivity contribution in [1.82, 2.24) is 0 Å². The molecule has 2 amide bonds. The third-order valence-electron chi connectivity index (χ3n) is 4.88. The number of hydrogen-bond acceptors (Lipinski definition) is 4. The summed E-state index contributed by atoms with van der Waals surface area (Å²) in [5, 5.41) is 3.20. The Bertz CT molecular complexity index is 1120. The van der Waals surface area contributed by atoms with Crippen molar-refractivity contribution in [2.45, 2.75) is 6.92 Å². The van der Waals surface area contributed by atoms with Crippen LogP contribution < -0.4 is 15.0 Å². The third kappa shape index (κ3) is 3.27. The van der Waals surface area contributed by atoms with Crippen LogP contribution in [-0.2, 0) is 9.59 Å². The fourth-order valence-corrected chi connectivity index (χ4v) is 3.41. The molecule has 0 radical (unpaired) electrons. The summed E-state index contributed by atoms with van der Waals surface area (Å²) in [4.78, 5) is 28.0. The molecule has 0 bridgehead atoms.